The molecule has 13 nitrogen and oxygen atoms in total. The Morgan fingerprint density at radius 1 is 1.33 bits per heavy atom. The standard InChI is InChI=1S/C24H23N7O6S2/c1-29-5-2-12(3-6-29)9-30-7-4-13(20(30)33)8-14-10-38-22-17(21(34)31(22)18(14)23(35)36)27-19(32)16(28-37)15-11-39-24(25)26-15/h2-3,5-6,8,11,17,22H,4,7,9-10H2,1H3,(H4-,25,26,27,32,35,36,37)/p+1/b13-8+/t17-,22-/m1/s1. The van der Waals surface area contributed by atoms with Crippen molar-refractivity contribution in [2.45, 2.75) is 24.4 Å². The van der Waals surface area contributed by atoms with Gasteiger partial charge in [-0.05, 0) is 23.6 Å². The highest BCUT2D eigenvalue weighted by molar-refractivity contribution is 8.00. The number of fused-ring (bicyclic) bond motifs is 1. The number of hydrogen-bond acceptors (Lipinski definition) is 10. The summed E-state index contributed by atoms with van der Waals surface area (Å²) < 4.78 is 1.90. The van der Waals surface area contributed by atoms with Crippen LogP contribution < -0.4 is 15.6 Å². The molecule has 39 heavy (non-hydrogen) atoms. The van der Waals surface area contributed by atoms with E-state index in [0.717, 1.165) is 21.8 Å². The lowest BCUT2D eigenvalue weighted by Crippen LogP contribution is -2.71. The number of nitrogens with zero attached hydrogens (tertiary/aromatic N) is 5. The van der Waals surface area contributed by atoms with E-state index in [1.807, 2.05) is 36.1 Å². The number of likely N-dealkylation sites (tertiary alicyclic amines) is 1. The second-order valence-corrected chi connectivity index (χ2v) is 11.1. The van der Waals surface area contributed by atoms with E-state index in [9.17, 15) is 29.5 Å². The summed E-state index contributed by atoms with van der Waals surface area (Å²) in [5.41, 5.74) is 6.81. The first-order chi connectivity index (χ1) is 18.7. The predicted molar refractivity (Wildman–Crippen MR) is 140 cm³/mol. The number of rotatable bonds is 7. The summed E-state index contributed by atoms with van der Waals surface area (Å²) in [6.45, 7) is 0.949. The van der Waals surface area contributed by atoms with Crippen molar-refractivity contribution in [3.63, 3.8) is 0 Å². The number of carbonyl (C=O) groups is 4. The minimum atomic E-state index is -1.31. The van der Waals surface area contributed by atoms with Crippen LogP contribution in [0.4, 0.5) is 5.13 Å². The molecular weight excluding hydrogens is 546 g/mol. The van der Waals surface area contributed by atoms with Crippen LogP contribution in [0.2, 0.25) is 0 Å². The molecule has 3 aliphatic heterocycles. The Morgan fingerprint density at radius 3 is 2.72 bits per heavy atom. The number of thioether (sulfide) groups is 1. The molecule has 2 saturated heterocycles. The molecule has 2 atom stereocenters. The molecule has 0 aromatic carbocycles. The number of carboxylic acids is 1. The van der Waals surface area contributed by atoms with E-state index in [1.54, 1.807) is 11.0 Å². The molecule has 2 aromatic heterocycles. The topological polar surface area (TPSA) is 182 Å². The number of carboxylic acid groups (broad SMARTS) is 1. The van der Waals surface area contributed by atoms with Gasteiger partial charge in [0.1, 0.15) is 29.9 Å². The van der Waals surface area contributed by atoms with Crippen LogP contribution in [0.25, 0.3) is 0 Å². The van der Waals surface area contributed by atoms with Crippen LogP contribution in [0.5, 0.6) is 0 Å². The van der Waals surface area contributed by atoms with E-state index in [-0.39, 0.29) is 28.2 Å². The van der Waals surface area contributed by atoms with Crippen molar-refractivity contribution in [2.75, 3.05) is 18.0 Å². The van der Waals surface area contributed by atoms with Gasteiger partial charge in [-0.2, -0.15) is 0 Å². The number of oxime groups is 1. The third-order valence-corrected chi connectivity index (χ3v) is 8.53. The predicted octanol–water partition coefficient (Wildman–Crippen LogP) is -0.174. The number of carbonyl (C=O) groups excluding carboxylic acids is 3. The number of nitrogen functional groups attached to an aromatic ring is 1. The van der Waals surface area contributed by atoms with E-state index in [4.69, 9.17) is 5.73 Å². The van der Waals surface area contributed by atoms with E-state index >= 15 is 0 Å². The van der Waals surface area contributed by atoms with Crippen LogP contribution in [0.15, 0.2) is 58.0 Å². The maximum atomic E-state index is 13.0. The summed E-state index contributed by atoms with van der Waals surface area (Å²) in [4.78, 5) is 57.7. The second kappa shape index (κ2) is 10.5. The number of thiazole rings is 1. The highest BCUT2D eigenvalue weighted by Gasteiger charge is 2.54. The van der Waals surface area contributed by atoms with Gasteiger partial charge in [-0.25, -0.2) is 14.3 Å². The van der Waals surface area contributed by atoms with Crippen LogP contribution in [-0.4, -0.2) is 78.2 Å². The van der Waals surface area contributed by atoms with Gasteiger partial charge in [-0.1, -0.05) is 5.16 Å². The normalized spacial score (nSPS) is 22.3. The van der Waals surface area contributed by atoms with Crippen LogP contribution >= 0.6 is 23.1 Å². The lowest BCUT2D eigenvalue weighted by atomic mass is 10.0. The monoisotopic (exact) mass is 570 g/mol. The first-order valence-corrected chi connectivity index (χ1v) is 13.7. The molecule has 0 unspecified atom stereocenters. The average molecular weight is 571 g/mol. The van der Waals surface area contributed by atoms with E-state index in [0.29, 0.717) is 30.7 Å². The highest BCUT2D eigenvalue weighted by atomic mass is 32.2. The van der Waals surface area contributed by atoms with Crippen molar-refractivity contribution in [1.82, 2.24) is 20.1 Å². The Hall–Kier alpha value is -4.24. The maximum Gasteiger partial charge on any atom is 0.352 e. The molecule has 0 spiro atoms. The fourth-order valence-corrected chi connectivity index (χ4v) is 6.45. The van der Waals surface area contributed by atoms with Crippen molar-refractivity contribution in [3.05, 3.63) is 64.1 Å². The second-order valence-electron chi connectivity index (χ2n) is 9.08. The van der Waals surface area contributed by atoms with Gasteiger partial charge in [0.15, 0.2) is 23.2 Å². The molecule has 0 saturated carbocycles. The molecule has 0 radical (unpaired) electrons. The molecule has 202 valence electrons. The zero-order valence-corrected chi connectivity index (χ0v) is 22.2. The lowest BCUT2D eigenvalue weighted by Gasteiger charge is -2.49. The van der Waals surface area contributed by atoms with E-state index in [2.05, 4.69) is 15.5 Å². The molecule has 5 heterocycles. The number of aliphatic carboxylic acids is 1. The Bertz CT molecular complexity index is 1470. The van der Waals surface area contributed by atoms with Gasteiger partial charge in [0.2, 0.25) is 5.91 Å². The Kier molecular flexibility index (Phi) is 7.10. The fourth-order valence-electron chi connectivity index (χ4n) is 4.59. The van der Waals surface area contributed by atoms with Crippen LogP contribution in [0, 0.1) is 0 Å². The number of β-lactam (4-membered cyclic amide) rings is 1. The number of allylic oxidation sites excluding steroid dienone is 1. The number of aryl methyl sites for hydroxylation is 1. The number of nitrogens with one attached hydrogen (secondary N) is 1. The smallest absolute Gasteiger partial charge is 0.352 e. The molecule has 5 rings (SSSR count). The maximum absolute atomic E-state index is 13.0. The van der Waals surface area contributed by atoms with Crippen molar-refractivity contribution < 1.29 is 34.1 Å². The largest absolute Gasteiger partial charge is 0.477 e. The molecule has 2 fully saturated rings. The van der Waals surface area contributed by atoms with E-state index < -0.39 is 34.9 Å². The zero-order valence-electron chi connectivity index (χ0n) is 20.6. The Balaban J connectivity index is 1.31. The summed E-state index contributed by atoms with van der Waals surface area (Å²) in [6, 6.07) is 2.84. The van der Waals surface area contributed by atoms with Gasteiger partial charge in [0.25, 0.3) is 11.8 Å². The molecule has 0 aliphatic carbocycles. The summed E-state index contributed by atoms with van der Waals surface area (Å²) in [7, 11) is 1.91. The van der Waals surface area contributed by atoms with Crippen LogP contribution in [-0.2, 0) is 32.8 Å². The zero-order chi connectivity index (χ0) is 27.8. The van der Waals surface area contributed by atoms with Gasteiger partial charge in [-0.3, -0.25) is 19.3 Å². The summed E-state index contributed by atoms with van der Waals surface area (Å²) in [5.74, 6) is -2.73. The third kappa shape index (κ3) is 4.97. The quantitative estimate of drug-likeness (QED) is 0.0877. The highest BCUT2D eigenvalue weighted by Crippen LogP contribution is 2.41. The van der Waals surface area contributed by atoms with Crippen molar-refractivity contribution >= 4 is 57.6 Å². The summed E-state index contributed by atoms with van der Waals surface area (Å²) >= 11 is 2.32. The van der Waals surface area contributed by atoms with Crippen molar-refractivity contribution in [1.29, 1.82) is 0 Å². The molecule has 2 aromatic rings. The van der Waals surface area contributed by atoms with Crippen molar-refractivity contribution in [2.24, 2.45) is 12.2 Å². The molecular formula is C24H24N7O6S2+. The van der Waals surface area contributed by atoms with Crippen LogP contribution in [0.1, 0.15) is 17.7 Å². The Morgan fingerprint density at radius 2 is 2.08 bits per heavy atom. The molecule has 3 aliphatic rings. The van der Waals surface area contributed by atoms with Gasteiger partial charge in [0.05, 0.1) is 0 Å². The number of hydrogen-bond donors (Lipinski definition) is 4. The van der Waals surface area contributed by atoms with Gasteiger partial charge in [-0.15, -0.1) is 23.1 Å². The van der Waals surface area contributed by atoms with Crippen molar-refractivity contribution in [3.8, 4) is 0 Å². The molecule has 15 heteroatoms. The number of pyridine rings is 1. The van der Waals surface area contributed by atoms with E-state index in [1.165, 1.54) is 17.1 Å². The van der Waals surface area contributed by atoms with Gasteiger partial charge >= 0.3 is 5.97 Å². The SMILES string of the molecule is C[n+]1ccc(CN2CC/C(=C\C3=C(C(=O)O)N4C(=O)[C@@H](NC(=O)/C(=N\O)c5csc(N)n5)[C@H]4SC3)C2=O)cc1. The molecule has 5 N–H and O–H groups in total. The molecule has 3 amide bonds. The number of anilines is 1. The van der Waals surface area contributed by atoms with Gasteiger partial charge in [0, 0.05) is 41.9 Å². The first kappa shape index (κ1) is 26.4. The average Bonchev–Trinajstić information content (AvgIpc) is 3.49. The molecule has 0 bridgehead atoms. The van der Waals surface area contributed by atoms with Crippen LogP contribution in [0.3, 0.4) is 0 Å². The third-order valence-electron chi connectivity index (χ3n) is 6.55. The summed E-state index contributed by atoms with van der Waals surface area (Å²) in [5, 5.41) is 25.7. The lowest BCUT2D eigenvalue weighted by molar-refractivity contribution is -0.671. The Labute approximate surface area is 230 Å². The fraction of sp³-hybridized carbons (Fsp3) is 0.292. The number of aromatic nitrogens is 2. The minimum absolute atomic E-state index is 0.0500. The summed E-state index contributed by atoms with van der Waals surface area (Å²) in [6.07, 6.45) is 5.83. The minimum Gasteiger partial charge on any atom is -0.477 e. The first-order valence-electron chi connectivity index (χ1n) is 11.8. The number of amides is 3. The van der Waals surface area contributed by atoms with Gasteiger partial charge < -0.3 is 26.3 Å². The number of nitrogens with two attached hydrogens (primary N) is 1.